The van der Waals surface area contributed by atoms with Crippen LogP contribution in [0.15, 0.2) is 18.2 Å². The van der Waals surface area contributed by atoms with Crippen molar-refractivity contribution in [3.8, 4) is 11.3 Å². The Hall–Kier alpha value is -1.75. The molecule has 0 fully saturated rings. The summed E-state index contributed by atoms with van der Waals surface area (Å²) in [5.41, 5.74) is 4.11. The van der Waals surface area contributed by atoms with Gasteiger partial charge in [0.05, 0.1) is 11.4 Å². The normalized spacial score (nSPS) is 13.2. The summed E-state index contributed by atoms with van der Waals surface area (Å²) in [4.78, 5) is 5.63. The lowest BCUT2D eigenvalue weighted by Crippen LogP contribution is -1.97. The summed E-state index contributed by atoms with van der Waals surface area (Å²) in [6, 6.07) is 4.92. The average Bonchev–Trinajstić information content (AvgIpc) is 2.97. The van der Waals surface area contributed by atoms with Gasteiger partial charge in [0.15, 0.2) is 0 Å². The van der Waals surface area contributed by atoms with E-state index in [0.29, 0.717) is 12.3 Å². The first-order valence-electron chi connectivity index (χ1n) is 6.78. The van der Waals surface area contributed by atoms with E-state index < -0.39 is 0 Å². The molecule has 0 saturated heterocycles. The van der Waals surface area contributed by atoms with E-state index in [1.807, 2.05) is 10.6 Å². The largest absolute Gasteiger partial charge is 0.217 e. The SMILES string of the molecule is CC(C)Cc1nn2c3c(nc2s1)-c1ccc(F)cc1C3. The molecule has 1 aliphatic rings. The second-order valence-corrected chi connectivity index (χ2v) is 6.71. The molecule has 0 bridgehead atoms. The summed E-state index contributed by atoms with van der Waals surface area (Å²) in [6.07, 6.45) is 1.69. The molecule has 3 aromatic rings. The Morgan fingerprint density at radius 3 is 3.05 bits per heavy atom. The van der Waals surface area contributed by atoms with Gasteiger partial charge >= 0.3 is 0 Å². The highest BCUT2D eigenvalue weighted by Gasteiger charge is 2.26. The summed E-state index contributed by atoms with van der Waals surface area (Å²) >= 11 is 1.65. The van der Waals surface area contributed by atoms with Gasteiger partial charge in [-0.05, 0) is 29.7 Å². The Bertz CT molecular complexity index is 816. The van der Waals surface area contributed by atoms with Crippen molar-refractivity contribution >= 4 is 16.3 Å². The van der Waals surface area contributed by atoms with Gasteiger partial charge in [0.1, 0.15) is 10.8 Å². The summed E-state index contributed by atoms with van der Waals surface area (Å²) in [7, 11) is 0. The van der Waals surface area contributed by atoms with E-state index in [1.54, 1.807) is 17.4 Å². The van der Waals surface area contributed by atoms with Gasteiger partial charge in [0.2, 0.25) is 4.96 Å². The first-order valence-corrected chi connectivity index (χ1v) is 7.59. The third-order valence-corrected chi connectivity index (χ3v) is 4.53. The lowest BCUT2D eigenvalue weighted by Gasteiger charge is -1.97. The molecular formula is C15H14FN3S. The molecule has 102 valence electrons. The minimum atomic E-state index is -0.186. The molecule has 1 aliphatic carbocycles. The molecular weight excluding hydrogens is 273 g/mol. The summed E-state index contributed by atoms with van der Waals surface area (Å²) in [6.45, 7) is 4.38. The van der Waals surface area contributed by atoms with Crippen LogP contribution in [0.25, 0.3) is 16.2 Å². The summed E-state index contributed by atoms with van der Waals surface area (Å²) < 4.78 is 15.3. The van der Waals surface area contributed by atoms with Crippen LogP contribution in [-0.4, -0.2) is 14.6 Å². The van der Waals surface area contributed by atoms with E-state index in [4.69, 9.17) is 0 Å². The van der Waals surface area contributed by atoms with E-state index in [-0.39, 0.29) is 5.82 Å². The zero-order chi connectivity index (χ0) is 13.9. The van der Waals surface area contributed by atoms with Crippen LogP contribution in [0.3, 0.4) is 0 Å². The highest BCUT2D eigenvalue weighted by atomic mass is 32.1. The highest BCUT2D eigenvalue weighted by Crippen LogP contribution is 2.37. The number of benzene rings is 1. The van der Waals surface area contributed by atoms with Crippen LogP contribution in [-0.2, 0) is 12.8 Å². The quantitative estimate of drug-likeness (QED) is 0.563. The van der Waals surface area contributed by atoms with Crippen LogP contribution in [0, 0.1) is 11.7 Å². The van der Waals surface area contributed by atoms with E-state index in [2.05, 4.69) is 23.9 Å². The maximum atomic E-state index is 13.3. The number of hydrogen-bond donors (Lipinski definition) is 0. The van der Waals surface area contributed by atoms with E-state index in [1.165, 1.54) is 6.07 Å². The molecule has 5 heteroatoms. The molecule has 0 spiro atoms. The zero-order valence-electron chi connectivity index (χ0n) is 11.4. The van der Waals surface area contributed by atoms with Gasteiger partial charge in [0.25, 0.3) is 0 Å². The van der Waals surface area contributed by atoms with Crippen molar-refractivity contribution in [2.24, 2.45) is 5.92 Å². The minimum Gasteiger partial charge on any atom is -0.217 e. The summed E-state index contributed by atoms with van der Waals surface area (Å²) in [5, 5.41) is 5.79. The average molecular weight is 287 g/mol. The van der Waals surface area contributed by atoms with E-state index >= 15 is 0 Å². The van der Waals surface area contributed by atoms with Crippen molar-refractivity contribution in [2.75, 3.05) is 0 Å². The van der Waals surface area contributed by atoms with Gasteiger partial charge < -0.3 is 0 Å². The summed E-state index contributed by atoms with van der Waals surface area (Å²) in [5.74, 6) is 0.402. The number of hydrogen-bond acceptors (Lipinski definition) is 3. The van der Waals surface area contributed by atoms with Crippen LogP contribution in [0.2, 0.25) is 0 Å². The Kier molecular flexibility index (Phi) is 2.48. The Morgan fingerprint density at radius 2 is 2.25 bits per heavy atom. The molecule has 0 radical (unpaired) electrons. The fourth-order valence-corrected chi connectivity index (χ4v) is 3.88. The van der Waals surface area contributed by atoms with Gasteiger partial charge in [-0.2, -0.15) is 5.10 Å². The topological polar surface area (TPSA) is 30.2 Å². The van der Waals surface area contributed by atoms with Crippen LogP contribution < -0.4 is 0 Å². The van der Waals surface area contributed by atoms with Gasteiger partial charge in [-0.15, -0.1) is 0 Å². The number of rotatable bonds is 2. The zero-order valence-corrected chi connectivity index (χ0v) is 12.2. The molecule has 20 heavy (non-hydrogen) atoms. The lowest BCUT2D eigenvalue weighted by molar-refractivity contribution is 0.626. The molecule has 3 nitrogen and oxygen atoms in total. The number of nitrogens with zero attached hydrogens (tertiary/aromatic N) is 3. The number of aromatic nitrogens is 3. The molecule has 2 heterocycles. The second kappa shape index (κ2) is 4.12. The maximum absolute atomic E-state index is 13.3. The fraction of sp³-hybridized carbons (Fsp3) is 0.333. The van der Waals surface area contributed by atoms with Crippen molar-refractivity contribution < 1.29 is 4.39 Å². The van der Waals surface area contributed by atoms with Gasteiger partial charge in [-0.3, -0.25) is 0 Å². The third-order valence-electron chi connectivity index (χ3n) is 3.60. The Labute approximate surface area is 120 Å². The second-order valence-electron chi connectivity index (χ2n) is 5.67. The van der Waals surface area contributed by atoms with Crippen molar-refractivity contribution in [3.05, 3.63) is 40.3 Å². The predicted molar refractivity (Wildman–Crippen MR) is 77.6 cm³/mol. The van der Waals surface area contributed by atoms with Crippen molar-refractivity contribution in [2.45, 2.75) is 26.7 Å². The minimum absolute atomic E-state index is 0.186. The number of halogens is 1. The number of imidazole rings is 1. The molecule has 0 N–H and O–H groups in total. The van der Waals surface area contributed by atoms with Crippen molar-refractivity contribution in [3.63, 3.8) is 0 Å². The standard InChI is InChI=1S/C15H14FN3S/c1-8(2)5-13-18-19-12-7-9-6-10(16)3-4-11(9)14(12)17-15(19)20-13/h3-4,6,8H,5,7H2,1-2H3. The fourth-order valence-electron chi connectivity index (χ4n) is 2.76. The predicted octanol–water partition coefficient (Wildman–Crippen LogP) is 3.70. The smallest absolute Gasteiger partial charge is 0.212 e. The van der Waals surface area contributed by atoms with E-state index in [9.17, 15) is 4.39 Å². The molecule has 0 unspecified atom stereocenters. The third kappa shape index (κ3) is 1.69. The van der Waals surface area contributed by atoms with Gasteiger partial charge in [-0.25, -0.2) is 13.9 Å². The molecule has 0 saturated carbocycles. The van der Waals surface area contributed by atoms with Gasteiger partial charge in [-0.1, -0.05) is 25.2 Å². The Morgan fingerprint density at radius 1 is 1.40 bits per heavy atom. The van der Waals surface area contributed by atoms with Crippen molar-refractivity contribution in [1.82, 2.24) is 14.6 Å². The molecule has 0 aliphatic heterocycles. The molecule has 0 amide bonds. The van der Waals surface area contributed by atoms with Crippen LogP contribution >= 0.6 is 11.3 Å². The van der Waals surface area contributed by atoms with Crippen molar-refractivity contribution in [1.29, 1.82) is 0 Å². The van der Waals surface area contributed by atoms with Crippen LogP contribution in [0.1, 0.15) is 30.1 Å². The Balaban J connectivity index is 1.83. The first-order chi connectivity index (χ1) is 9.61. The molecule has 0 atom stereocenters. The lowest BCUT2D eigenvalue weighted by atomic mass is 10.1. The van der Waals surface area contributed by atoms with Gasteiger partial charge in [0, 0.05) is 18.4 Å². The maximum Gasteiger partial charge on any atom is 0.212 e. The number of fused-ring (bicyclic) bond motifs is 5. The van der Waals surface area contributed by atoms with Crippen LogP contribution in [0.5, 0.6) is 0 Å². The van der Waals surface area contributed by atoms with E-state index in [0.717, 1.165) is 38.9 Å². The van der Waals surface area contributed by atoms with Crippen LogP contribution in [0.4, 0.5) is 4.39 Å². The highest BCUT2D eigenvalue weighted by molar-refractivity contribution is 7.16. The monoisotopic (exact) mass is 287 g/mol. The molecule has 1 aromatic carbocycles. The molecule has 4 rings (SSSR count). The first kappa shape index (κ1) is 12.0. The molecule has 2 aromatic heterocycles.